The third-order valence-electron chi connectivity index (χ3n) is 5.50. The average molecular weight is 440 g/mol. The molecule has 0 saturated carbocycles. The number of rotatable bonds is 6. The van der Waals surface area contributed by atoms with Crippen molar-refractivity contribution in [3.8, 4) is 17.1 Å². The first-order valence-electron chi connectivity index (χ1n) is 11.0. The van der Waals surface area contributed by atoms with Crippen molar-refractivity contribution in [3.05, 3.63) is 46.4 Å². The Morgan fingerprint density at radius 1 is 1.16 bits per heavy atom. The van der Waals surface area contributed by atoms with Crippen LogP contribution >= 0.6 is 11.8 Å². The van der Waals surface area contributed by atoms with E-state index in [1.165, 1.54) is 16.4 Å². The lowest BCUT2D eigenvalue weighted by atomic mass is 10.1. The number of nitrogens with one attached hydrogen (secondary N) is 1. The van der Waals surface area contributed by atoms with E-state index >= 15 is 0 Å². The van der Waals surface area contributed by atoms with Crippen LogP contribution < -0.4 is 10.9 Å². The van der Waals surface area contributed by atoms with E-state index < -0.39 is 0 Å². The van der Waals surface area contributed by atoms with Gasteiger partial charge in [-0.2, -0.15) is 4.68 Å². The molecule has 0 aromatic heterocycles. The number of benzene rings is 1. The second-order valence-corrected chi connectivity index (χ2v) is 9.76. The highest BCUT2D eigenvalue weighted by atomic mass is 32.2. The maximum absolute atomic E-state index is 13.3. The summed E-state index contributed by atoms with van der Waals surface area (Å²) in [5, 5.41) is 8.03. The fourth-order valence-corrected chi connectivity index (χ4v) is 4.82. The molecule has 164 valence electrons. The van der Waals surface area contributed by atoms with Crippen molar-refractivity contribution in [2.45, 2.75) is 63.4 Å². The van der Waals surface area contributed by atoms with Crippen molar-refractivity contribution in [2.75, 3.05) is 6.54 Å². The van der Waals surface area contributed by atoms with Crippen LogP contribution in [0.15, 0.2) is 40.3 Å². The zero-order chi connectivity index (χ0) is 22.0. The van der Waals surface area contributed by atoms with Crippen LogP contribution in [0.2, 0.25) is 0 Å². The van der Waals surface area contributed by atoms with E-state index in [4.69, 9.17) is 4.98 Å². The van der Waals surface area contributed by atoms with E-state index in [1.807, 2.05) is 37.3 Å². The van der Waals surface area contributed by atoms with Gasteiger partial charge in [0.05, 0.1) is 10.9 Å². The van der Waals surface area contributed by atoms with E-state index in [0.717, 1.165) is 48.8 Å². The minimum absolute atomic E-state index is 0.00268. The largest absolute Gasteiger partial charge is 0.355 e. The molecule has 0 radical (unpaired) electrons. The zero-order valence-electron chi connectivity index (χ0n) is 18.3. The first-order valence-corrected chi connectivity index (χ1v) is 11.9. The van der Waals surface area contributed by atoms with Crippen LogP contribution in [0.3, 0.4) is 0 Å². The molecule has 3 heterocycles. The number of para-hydroxylation sites is 1. The Kier molecular flexibility index (Phi) is 6.46. The summed E-state index contributed by atoms with van der Waals surface area (Å²) in [6.07, 6.45) is 3.99. The highest BCUT2D eigenvalue weighted by molar-refractivity contribution is 8.00. The molecule has 0 spiro atoms. The molecule has 3 aliphatic rings. The predicted octanol–water partition coefficient (Wildman–Crippen LogP) is 3.51. The topological polar surface area (TPSA) is 81.8 Å². The Morgan fingerprint density at radius 3 is 2.68 bits per heavy atom. The van der Waals surface area contributed by atoms with Crippen molar-refractivity contribution in [1.29, 1.82) is 0 Å². The van der Waals surface area contributed by atoms with Crippen molar-refractivity contribution in [1.82, 2.24) is 24.6 Å². The van der Waals surface area contributed by atoms with E-state index in [-0.39, 0.29) is 16.7 Å². The van der Waals surface area contributed by atoms with Gasteiger partial charge in [0.1, 0.15) is 5.56 Å². The Balaban J connectivity index is 1.76. The molecule has 1 unspecified atom stereocenters. The summed E-state index contributed by atoms with van der Waals surface area (Å²) < 4.78 is 3.58. The number of hydrogen-bond acceptors (Lipinski definition) is 5. The Labute approximate surface area is 186 Å². The fraction of sp³-hybridized carbons (Fsp3) is 0.478. The first kappa shape index (κ1) is 21.6. The van der Waals surface area contributed by atoms with E-state index in [9.17, 15) is 9.59 Å². The summed E-state index contributed by atoms with van der Waals surface area (Å²) in [5.74, 6) is 0.862. The highest BCUT2D eigenvalue weighted by Gasteiger charge is 2.28. The molecular formula is C23H29N5O2S. The smallest absolute Gasteiger partial charge is 0.284 e. The minimum Gasteiger partial charge on any atom is -0.355 e. The number of amides is 1. The molecule has 31 heavy (non-hydrogen) atoms. The normalized spacial score (nSPS) is 15.0. The lowest BCUT2D eigenvalue weighted by Crippen LogP contribution is -2.34. The van der Waals surface area contributed by atoms with Crippen LogP contribution in [-0.2, 0) is 17.8 Å². The van der Waals surface area contributed by atoms with Gasteiger partial charge >= 0.3 is 0 Å². The Hall–Kier alpha value is -2.61. The van der Waals surface area contributed by atoms with Gasteiger partial charge in [0.2, 0.25) is 5.91 Å². The van der Waals surface area contributed by atoms with Gasteiger partial charge in [-0.25, -0.2) is 4.98 Å². The monoisotopic (exact) mass is 439 g/mol. The lowest BCUT2D eigenvalue weighted by Gasteiger charge is -2.20. The molecule has 0 saturated heterocycles. The quantitative estimate of drug-likeness (QED) is 0.469. The molecule has 0 fully saturated rings. The van der Waals surface area contributed by atoms with Crippen molar-refractivity contribution in [3.63, 3.8) is 0 Å². The maximum Gasteiger partial charge on any atom is 0.284 e. The SMILES string of the molecule is CC(C)CNC(=O)C(C)Sc1nc2nn(-c3ccccc3)c(=O)c-2c2n1CCCCC2. The summed E-state index contributed by atoms with van der Waals surface area (Å²) in [6, 6.07) is 9.44. The van der Waals surface area contributed by atoms with Crippen molar-refractivity contribution < 1.29 is 4.79 Å². The summed E-state index contributed by atoms with van der Waals surface area (Å²) in [6.45, 7) is 7.51. The second kappa shape index (κ2) is 9.26. The number of fused-ring (bicyclic) bond motifs is 3. The van der Waals surface area contributed by atoms with Gasteiger partial charge in [-0.3, -0.25) is 9.59 Å². The van der Waals surface area contributed by atoms with Gasteiger partial charge in [-0.05, 0) is 44.2 Å². The Bertz CT molecular complexity index is 1090. The van der Waals surface area contributed by atoms with E-state index in [0.29, 0.717) is 23.9 Å². The lowest BCUT2D eigenvalue weighted by molar-refractivity contribution is -0.120. The van der Waals surface area contributed by atoms with Gasteiger partial charge in [0.15, 0.2) is 11.0 Å². The number of nitrogens with zero attached hydrogens (tertiary/aromatic N) is 4. The molecule has 1 amide bonds. The molecule has 1 atom stereocenters. The highest BCUT2D eigenvalue weighted by Crippen LogP contribution is 2.32. The molecule has 3 aliphatic heterocycles. The van der Waals surface area contributed by atoms with Crippen LogP contribution in [0, 0.1) is 5.92 Å². The van der Waals surface area contributed by atoms with Crippen LogP contribution in [-0.4, -0.2) is 37.0 Å². The molecular weight excluding hydrogens is 410 g/mol. The van der Waals surface area contributed by atoms with Crippen LogP contribution in [0.1, 0.15) is 45.7 Å². The summed E-state index contributed by atoms with van der Waals surface area (Å²) in [7, 11) is 0. The number of hydrogen-bond donors (Lipinski definition) is 1. The van der Waals surface area contributed by atoms with Gasteiger partial charge < -0.3 is 9.88 Å². The number of carbonyl (C=O) groups is 1. The molecule has 1 aromatic rings. The summed E-state index contributed by atoms with van der Waals surface area (Å²) in [4.78, 5) is 30.6. The Morgan fingerprint density at radius 2 is 1.94 bits per heavy atom. The van der Waals surface area contributed by atoms with Gasteiger partial charge in [-0.1, -0.05) is 50.2 Å². The molecule has 4 rings (SSSR count). The van der Waals surface area contributed by atoms with Gasteiger partial charge in [0.25, 0.3) is 5.56 Å². The third-order valence-corrected chi connectivity index (χ3v) is 6.59. The van der Waals surface area contributed by atoms with Crippen LogP contribution in [0.5, 0.6) is 0 Å². The zero-order valence-corrected chi connectivity index (χ0v) is 19.1. The maximum atomic E-state index is 13.3. The average Bonchev–Trinajstić information content (AvgIpc) is 2.92. The predicted molar refractivity (Wildman–Crippen MR) is 123 cm³/mol. The summed E-state index contributed by atoms with van der Waals surface area (Å²) >= 11 is 1.44. The van der Waals surface area contributed by atoms with E-state index in [2.05, 4.69) is 28.8 Å². The number of carbonyl (C=O) groups excluding carboxylic acids is 1. The van der Waals surface area contributed by atoms with Crippen molar-refractivity contribution in [2.24, 2.45) is 5.92 Å². The number of thioether (sulfide) groups is 1. The molecule has 0 bridgehead atoms. The third kappa shape index (κ3) is 4.54. The second-order valence-electron chi connectivity index (χ2n) is 8.45. The number of aromatic nitrogens is 4. The van der Waals surface area contributed by atoms with Gasteiger partial charge in [-0.15, -0.1) is 5.10 Å². The first-order chi connectivity index (χ1) is 15.0. The standard InChI is InChI=1S/C23H29N5O2S/c1-15(2)14-24-21(29)16(3)31-23-25-20-19(18-12-8-5-9-13-27(18)23)22(30)28(26-20)17-10-6-4-7-11-17/h4,6-7,10-11,15-16H,5,8-9,12-14H2,1-3H3,(H,24,29). The molecule has 1 aromatic carbocycles. The molecule has 7 nitrogen and oxygen atoms in total. The minimum atomic E-state index is -0.286. The summed E-state index contributed by atoms with van der Waals surface area (Å²) in [5.41, 5.74) is 2.20. The molecule has 0 aliphatic carbocycles. The molecule has 1 N–H and O–H groups in total. The van der Waals surface area contributed by atoms with E-state index in [1.54, 1.807) is 0 Å². The fourth-order valence-electron chi connectivity index (χ4n) is 3.85. The van der Waals surface area contributed by atoms with Crippen LogP contribution in [0.4, 0.5) is 0 Å². The van der Waals surface area contributed by atoms with Crippen LogP contribution in [0.25, 0.3) is 17.1 Å². The van der Waals surface area contributed by atoms with Gasteiger partial charge in [0, 0.05) is 18.8 Å². The van der Waals surface area contributed by atoms with Crippen molar-refractivity contribution >= 4 is 17.7 Å². The molecule has 8 heteroatoms.